The van der Waals surface area contributed by atoms with Crippen LogP contribution in [0.1, 0.15) is 61.9 Å². The van der Waals surface area contributed by atoms with E-state index >= 15 is 0 Å². The number of hydrogen-bond donors (Lipinski definition) is 0. The Bertz CT molecular complexity index is 1820. The van der Waals surface area contributed by atoms with Crippen LogP contribution in [0.3, 0.4) is 0 Å². The average Bonchev–Trinajstić information content (AvgIpc) is 3.37. The van der Waals surface area contributed by atoms with Crippen molar-refractivity contribution in [1.29, 1.82) is 0 Å². The lowest BCUT2D eigenvalue weighted by Gasteiger charge is -2.19. The molecule has 0 saturated heterocycles. The molecule has 6 aromatic rings. The van der Waals surface area contributed by atoms with Crippen LogP contribution in [0.5, 0.6) is 0 Å². The zero-order chi connectivity index (χ0) is 26.0. The topological polar surface area (TPSA) is 34.8 Å². The first-order chi connectivity index (χ1) is 17.8. The van der Waals surface area contributed by atoms with Gasteiger partial charge in [0.1, 0.15) is 11.3 Å². The lowest BCUT2D eigenvalue weighted by Crippen LogP contribution is -2.30. The van der Waals surface area contributed by atoms with Crippen LogP contribution in [0.2, 0.25) is 0 Å². The standard InChI is InChI=1S/C33H34N3O/c1-19(2)25-18-26-24-17-16-22(6)34-32(24)37-31(26)29(20(3)4)30(25)36-28-15-11-10-14-27(28)35(7)33(36)23-13-9-8-12-21(23)5/h8-20H,1-7H3/q+1. The number of benzene rings is 3. The number of pyridine rings is 1. The van der Waals surface area contributed by atoms with Crippen LogP contribution in [0.15, 0.2) is 71.1 Å². The average molecular weight is 489 g/mol. The van der Waals surface area contributed by atoms with Gasteiger partial charge < -0.3 is 4.42 Å². The first-order valence-electron chi connectivity index (χ1n) is 13.2. The summed E-state index contributed by atoms with van der Waals surface area (Å²) >= 11 is 0. The van der Waals surface area contributed by atoms with E-state index in [0.717, 1.165) is 22.0 Å². The fourth-order valence-electron chi connectivity index (χ4n) is 5.81. The minimum atomic E-state index is 0.244. The van der Waals surface area contributed by atoms with E-state index in [1.54, 1.807) is 0 Å². The monoisotopic (exact) mass is 488 g/mol. The molecule has 4 heteroatoms. The quantitative estimate of drug-likeness (QED) is 0.234. The van der Waals surface area contributed by atoms with Crippen LogP contribution in [0, 0.1) is 13.8 Å². The van der Waals surface area contributed by atoms with Crippen molar-refractivity contribution in [2.45, 2.75) is 53.4 Å². The fraction of sp³-hybridized carbons (Fsp3) is 0.273. The lowest BCUT2D eigenvalue weighted by atomic mass is 9.89. The van der Waals surface area contributed by atoms with Crippen molar-refractivity contribution in [3.8, 4) is 17.1 Å². The Balaban J connectivity index is 1.86. The molecule has 0 spiro atoms. The largest absolute Gasteiger partial charge is 0.437 e. The summed E-state index contributed by atoms with van der Waals surface area (Å²) in [6, 6.07) is 24.0. The van der Waals surface area contributed by atoms with Gasteiger partial charge in [-0.15, -0.1) is 0 Å². The molecule has 3 heterocycles. The van der Waals surface area contributed by atoms with Crippen molar-refractivity contribution in [2.75, 3.05) is 0 Å². The Labute approximate surface area is 218 Å². The fourth-order valence-corrected chi connectivity index (χ4v) is 5.81. The molecule has 0 radical (unpaired) electrons. The Kier molecular flexibility index (Phi) is 5.45. The van der Waals surface area contributed by atoms with E-state index in [4.69, 9.17) is 9.40 Å². The Morgan fingerprint density at radius 2 is 1.57 bits per heavy atom. The van der Waals surface area contributed by atoms with Gasteiger partial charge in [0.2, 0.25) is 5.71 Å². The van der Waals surface area contributed by atoms with Crippen LogP contribution in [-0.2, 0) is 7.05 Å². The van der Waals surface area contributed by atoms with Crippen molar-refractivity contribution in [3.05, 3.63) is 89.1 Å². The molecule has 186 valence electrons. The first-order valence-corrected chi connectivity index (χ1v) is 13.2. The summed E-state index contributed by atoms with van der Waals surface area (Å²) < 4.78 is 11.4. The molecule has 0 aliphatic carbocycles. The van der Waals surface area contributed by atoms with E-state index < -0.39 is 0 Å². The summed E-state index contributed by atoms with van der Waals surface area (Å²) in [5, 5.41) is 2.23. The number of nitrogens with zero attached hydrogens (tertiary/aromatic N) is 3. The predicted octanol–water partition coefficient (Wildman–Crippen LogP) is 8.28. The molecule has 0 aliphatic heterocycles. The van der Waals surface area contributed by atoms with Gasteiger partial charge in [-0.1, -0.05) is 58.0 Å². The normalized spacial score (nSPS) is 12.1. The first kappa shape index (κ1) is 23.5. The Morgan fingerprint density at radius 3 is 2.30 bits per heavy atom. The summed E-state index contributed by atoms with van der Waals surface area (Å²) in [6.45, 7) is 13.3. The Morgan fingerprint density at radius 1 is 0.838 bits per heavy atom. The second-order valence-corrected chi connectivity index (χ2v) is 10.8. The summed E-state index contributed by atoms with van der Waals surface area (Å²) in [5.41, 5.74) is 11.3. The molecule has 3 aromatic heterocycles. The zero-order valence-corrected chi connectivity index (χ0v) is 22.8. The number of hydrogen-bond acceptors (Lipinski definition) is 2. The number of aryl methyl sites for hydroxylation is 3. The highest BCUT2D eigenvalue weighted by Gasteiger charge is 2.33. The van der Waals surface area contributed by atoms with Crippen LogP contribution in [0.25, 0.3) is 50.2 Å². The highest BCUT2D eigenvalue weighted by molar-refractivity contribution is 6.06. The highest BCUT2D eigenvalue weighted by atomic mass is 16.3. The zero-order valence-electron chi connectivity index (χ0n) is 22.8. The third-order valence-corrected chi connectivity index (χ3v) is 7.63. The molecule has 4 nitrogen and oxygen atoms in total. The van der Waals surface area contributed by atoms with Gasteiger partial charge >= 0.3 is 0 Å². The van der Waals surface area contributed by atoms with E-state index in [1.807, 2.05) is 6.92 Å². The maximum atomic E-state index is 6.58. The van der Waals surface area contributed by atoms with Crippen molar-refractivity contribution in [1.82, 2.24) is 9.55 Å². The lowest BCUT2D eigenvalue weighted by molar-refractivity contribution is -0.633. The molecule has 0 aliphatic rings. The molecule has 0 fully saturated rings. The molecule has 0 atom stereocenters. The van der Waals surface area contributed by atoms with Crippen molar-refractivity contribution < 1.29 is 8.98 Å². The molecule has 6 rings (SSSR count). The third-order valence-electron chi connectivity index (χ3n) is 7.63. The van der Waals surface area contributed by atoms with Crippen LogP contribution < -0.4 is 4.57 Å². The maximum absolute atomic E-state index is 6.58. The molecule has 0 unspecified atom stereocenters. The van der Waals surface area contributed by atoms with Crippen molar-refractivity contribution >= 4 is 33.1 Å². The van der Waals surface area contributed by atoms with Gasteiger partial charge in [-0.2, -0.15) is 4.57 Å². The van der Waals surface area contributed by atoms with E-state index in [9.17, 15) is 0 Å². The second kappa shape index (κ2) is 8.58. The molecule has 0 amide bonds. The second-order valence-electron chi connectivity index (χ2n) is 10.8. The molecule has 3 aromatic carbocycles. The van der Waals surface area contributed by atoms with E-state index in [-0.39, 0.29) is 5.92 Å². The molecule has 0 N–H and O–H groups in total. The van der Waals surface area contributed by atoms with Crippen molar-refractivity contribution in [2.24, 2.45) is 7.05 Å². The number of furan rings is 1. The summed E-state index contributed by atoms with van der Waals surface area (Å²) in [5.74, 6) is 1.73. The summed E-state index contributed by atoms with van der Waals surface area (Å²) in [4.78, 5) is 4.74. The van der Waals surface area contributed by atoms with Gasteiger partial charge in [-0.05, 0) is 67.6 Å². The van der Waals surface area contributed by atoms with Crippen LogP contribution in [0.4, 0.5) is 0 Å². The number of rotatable bonds is 4. The van der Waals surface area contributed by atoms with E-state index in [2.05, 4.69) is 118 Å². The number of para-hydroxylation sites is 2. The summed E-state index contributed by atoms with van der Waals surface area (Å²) in [7, 11) is 2.18. The van der Waals surface area contributed by atoms with Crippen LogP contribution in [-0.4, -0.2) is 9.55 Å². The number of fused-ring (bicyclic) bond motifs is 4. The van der Waals surface area contributed by atoms with E-state index in [0.29, 0.717) is 11.6 Å². The number of imidazole rings is 1. The van der Waals surface area contributed by atoms with Gasteiger partial charge in [0, 0.05) is 27.6 Å². The highest BCUT2D eigenvalue weighted by Crippen LogP contribution is 2.43. The number of aromatic nitrogens is 3. The van der Waals surface area contributed by atoms with Gasteiger partial charge in [0.05, 0.1) is 12.6 Å². The minimum Gasteiger partial charge on any atom is -0.437 e. The third kappa shape index (κ3) is 3.50. The van der Waals surface area contributed by atoms with Crippen molar-refractivity contribution in [3.63, 3.8) is 0 Å². The minimum absolute atomic E-state index is 0.244. The van der Waals surface area contributed by atoms with Gasteiger partial charge in [0.25, 0.3) is 5.82 Å². The molecular weight excluding hydrogens is 454 g/mol. The van der Waals surface area contributed by atoms with Gasteiger partial charge in [0.15, 0.2) is 11.0 Å². The maximum Gasteiger partial charge on any atom is 0.295 e. The molecule has 0 bridgehead atoms. The van der Waals surface area contributed by atoms with Gasteiger partial charge in [-0.3, -0.25) is 0 Å². The van der Waals surface area contributed by atoms with E-state index in [1.165, 1.54) is 44.8 Å². The van der Waals surface area contributed by atoms with Crippen LogP contribution >= 0.6 is 0 Å². The SMILES string of the molecule is Cc1ccc2c(n1)oc1c(C(C)C)c(-n3c(-c4ccccc4C)[n+](C)c4ccccc43)c(C(C)C)cc12. The predicted molar refractivity (Wildman–Crippen MR) is 153 cm³/mol. The Hall–Kier alpha value is -3.92. The van der Waals surface area contributed by atoms with Gasteiger partial charge in [-0.25, -0.2) is 9.55 Å². The molecule has 37 heavy (non-hydrogen) atoms. The summed E-state index contributed by atoms with van der Waals surface area (Å²) in [6.07, 6.45) is 0. The molecule has 0 saturated carbocycles. The molecular formula is C33H34N3O+. The smallest absolute Gasteiger partial charge is 0.295 e.